The van der Waals surface area contributed by atoms with Crippen LogP contribution in [-0.2, 0) is 4.74 Å². The van der Waals surface area contributed by atoms with Crippen LogP contribution in [0.25, 0.3) is 0 Å². The van der Waals surface area contributed by atoms with Gasteiger partial charge in [0.05, 0.1) is 5.60 Å². The normalized spacial score (nSPS) is 42.4. The first kappa shape index (κ1) is 13.4. The molecule has 1 aliphatic carbocycles. The topological polar surface area (TPSA) is 21.3 Å². The number of rotatable bonds is 2. The molecule has 0 aromatic heterocycles. The molecule has 17 heavy (non-hydrogen) atoms. The summed E-state index contributed by atoms with van der Waals surface area (Å²) in [5.74, 6) is 1.68. The Hall–Kier alpha value is -0.0800. The zero-order valence-corrected chi connectivity index (χ0v) is 12.0. The van der Waals surface area contributed by atoms with Gasteiger partial charge in [-0.2, -0.15) is 0 Å². The van der Waals surface area contributed by atoms with Crippen molar-refractivity contribution in [3.63, 3.8) is 0 Å². The van der Waals surface area contributed by atoms with Gasteiger partial charge in [0.1, 0.15) is 0 Å². The van der Waals surface area contributed by atoms with Gasteiger partial charge < -0.3 is 10.1 Å². The Labute approximate surface area is 107 Å². The van der Waals surface area contributed by atoms with Gasteiger partial charge in [0.2, 0.25) is 0 Å². The Morgan fingerprint density at radius 2 is 1.71 bits per heavy atom. The minimum absolute atomic E-state index is 0.0665. The monoisotopic (exact) mass is 239 g/mol. The van der Waals surface area contributed by atoms with Crippen molar-refractivity contribution < 1.29 is 4.74 Å². The van der Waals surface area contributed by atoms with Crippen molar-refractivity contribution in [2.45, 2.75) is 77.5 Å². The van der Waals surface area contributed by atoms with Gasteiger partial charge in [0.15, 0.2) is 0 Å². The second-order valence-electron chi connectivity index (χ2n) is 6.88. The summed E-state index contributed by atoms with van der Waals surface area (Å²) < 4.78 is 5.80. The zero-order valence-electron chi connectivity index (χ0n) is 12.0. The molecule has 1 saturated carbocycles. The number of hydrogen-bond donors (Lipinski definition) is 1. The lowest BCUT2D eigenvalue weighted by molar-refractivity contribution is -0.0664. The van der Waals surface area contributed by atoms with Gasteiger partial charge in [-0.25, -0.2) is 0 Å². The van der Waals surface area contributed by atoms with Crippen molar-refractivity contribution in [1.82, 2.24) is 5.32 Å². The third-order valence-corrected chi connectivity index (χ3v) is 4.67. The van der Waals surface area contributed by atoms with Crippen LogP contribution in [0.2, 0.25) is 0 Å². The highest BCUT2D eigenvalue weighted by Crippen LogP contribution is 2.31. The quantitative estimate of drug-likeness (QED) is 0.798. The zero-order chi connectivity index (χ0) is 12.5. The Bertz CT molecular complexity index is 241. The van der Waals surface area contributed by atoms with Gasteiger partial charge in [-0.05, 0) is 51.4 Å². The van der Waals surface area contributed by atoms with E-state index in [1.807, 2.05) is 0 Å². The summed E-state index contributed by atoms with van der Waals surface area (Å²) in [7, 11) is 0. The van der Waals surface area contributed by atoms with E-state index in [2.05, 4.69) is 33.0 Å². The SMILES string of the molecule is CC1CCCC(C)C1NC1CCOC(C)(C)C1. The molecule has 1 N–H and O–H groups in total. The minimum atomic E-state index is 0.0665. The average molecular weight is 239 g/mol. The summed E-state index contributed by atoms with van der Waals surface area (Å²) >= 11 is 0. The number of hydrogen-bond acceptors (Lipinski definition) is 2. The molecule has 100 valence electrons. The lowest BCUT2D eigenvalue weighted by atomic mass is 9.78. The van der Waals surface area contributed by atoms with E-state index in [-0.39, 0.29) is 5.60 Å². The predicted molar refractivity (Wildman–Crippen MR) is 72.2 cm³/mol. The van der Waals surface area contributed by atoms with Crippen LogP contribution in [-0.4, -0.2) is 24.3 Å². The molecule has 3 unspecified atom stereocenters. The molecule has 3 atom stereocenters. The third kappa shape index (κ3) is 3.45. The van der Waals surface area contributed by atoms with Gasteiger partial charge >= 0.3 is 0 Å². The highest BCUT2D eigenvalue weighted by atomic mass is 16.5. The van der Waals surface area contributed by atoms with Gasteiger partial charge in [-0.15, -0.1) is 0 Å². The molecule has 0 aromatic carbocycles. The van der Waals surface area contributed by atoms with E-state index in [0.29, 0.717) is 6.04 Å². The smallest absolute Gasteiger partial charge is 0.0641 e. The second kappa shape index (κ2) is 5.27. The molecular formula is C15H29NO. The van der Waals surface area contributed by atoms with E-state index in [0.717, 1.165) is 30.9 Å². The van der Waals surface area contributed by atoms with Crippen molar-refractivity contribution >= 4 is 0 Å². The van der Waals surface area contributed by atoms with Crippen LogP contribution in [0, 0.1) is 11.8 Å². The van der Waals surface area contributed by atoms with Crippen molar-refractivity contribution in [2.75, 3.05) is 6.61 Å². The molecule has 1 aliphatic heterocycles. The van der Waals surface area contributed by atoms with Crippen LogP contribution in [0.15, 0.2) is 0 Å². The number of nitrogens with one attached hydrogen (secondary N) is 1. The highest BCUT2D eigenvalue weighted by Gasteiger charge is 2.33. The summed E-state index contributed by atoms with van der Waals surface area (Å²) in [6.45, 7) is 10.2. The fraction of sp³-hybridized carbons (Fsp3) is 1.00. The van der Waals surface area contributed by atoms with Gasteiger partial charge in [0.25, 0.3) is 0 Å². The summed E-state index contributed by atoms with van der Waals surface area (Å²) in [6.07, 6.45) is 6.55. The first-order chi connectivity index (χ1) is 7.98. The molecule has 2 fully saturated rings. The number of ether oxygens (including phenoxy) is 1. The molecule has 0 radical (unpaired) electrons. The van der Waals surface area contributed by atoms with E-state index < -0.39 is 0 Å². The molecule has 1 saturated heterocycles. The lowest BCUT2D eigenvalue weighted by Crippen LogP contribution is -2.52. The molecule has 2 aliphatic rings. The molecule has 2 heteroatoms. The van der Waals surface area contributed by atoms with Crippen LogP contribution in [0.5, 0.6) is 0 Å². The molecule has 0 bridgehead atoms. The Morgan fingerprint density at radius 3 is 2.29 bits per heavy atom. The predicted octanol–water partition coefficient (Wildman–Crippen LogP) is 3.36. The first-order valence-corrected chi connectivity index (χ1v) is 7.38. The maximum absolute atomic E-state index is 5.80. The fourth-order valence-corrected chi connectivity index (χ4v) is 3.66. The maximum atomic E-state index is 5.80. The van der Waals surface area contributed by atoms with E-state index in [4.69, 9.17) is 4.74 Å². The van der Waals surface area contributed by atoms with Crippen LogP contribution >= 0.6 is 0 Å². The molecular weight excluding hydrogens is 210 g/mol. The highest BCUT2D eigenvalue weighted by molar-refractivity contribution is 4.90. The van der Waals surface area contributed by atoms with Crippen molar-refractivity contribution in [3.8, 4) is 0 Å². The maximum Gasteiger partial charge on any atom is 0.0641 e. The summed E-state index contributed by atoms with van der Waals surface area (Å²) in [4.78, 5) is 0. The summed E-state index contributed by atoms with van der Waals surface area (Å²) in [6, 6.07) is 1.38. The molecule has 0 amide bonds. The van der Waals surface area contributed by atoms with Gasteiger partial charge in [-0.3, -0.25) is 0 Å². The Kier molecular flexibility index (Phi) is 4.14. The van der Waals surface area contributed by atoms with Gasteiger partial charge in [-0.1, -0.05) is 20.3 Å². The molecule has 2 nitrogen and oxygen atoms in total. The Balaban J connectivity index is 1.90. The first-order valence-electron chi connectivity index (χ1n) is 7.38. The van der Waals surface area contributed by atoms with Crippen molar-refractivity contribution in [1.29, 1.82) is 0 Å². The summed E-state index contributed by atoms with van der Waals surface area (Å²) in [5, 5.41) is 3.93. The van der Waals surface area contributed by atoms with Crippen molar-refractivity contribution in [3.05, 3.63) is 0 Å². The van der Waals surface area contributed by atoms with Crippen LogP contribution in [0.4, 0.5) is 0 Å². The van der Waals surface area contributed by atoms with E-state index in [1.54, 1.807) is 0 Å². The van der Waals surface area contributed by atoms with Gasteiger partial charge in [0, 0.05) is 18.7 Å². The fourth-order valence-electron chi connectivity index (χ4n) is 3.66. The van der Waals surface area contributed by atoms with E-state index >= 15 is 0 Å². The second-order valence-corrected chi connectivity index (χ2v) is 6.88. The summed E-state index contributed by atoms with van der Waals surface area (Å²) in [5.41, 5.74) is 0.0665. The average Bonchev–Trinajstić information content (AvgIpc) is 2.22. The molecule has 2 rings (SSSR count). The van der Waals surface area contributed by atoms with E-state index in [9.17, 15) is 0 Å². The molecule has 0 aromatic rings. The minimum Gasteiger partial charge on any atom is -0.375 e. The van der Waals surface area contributed by atoms with E-state index in [1.165, 1.54) is 25.7 Å². The molecule has 0 spiro atoms. The largest absolute Gasteiger partial charge is 0.375 e. The van der Waals surface area contributed by atoms with Crippen LogP contribution < -0.4 is 5.32 Å². The molecule has 1 heterocycles. The van der Waals surface area contributed by atoms with Crippen LogP contribution in [0.3, 0.4) is 0 Å². The van der Waals surface area contributed by atoms with Crippen LogP contribution in [0.1, 0.15) is 59.8 Å². The van der Waals surface area contributed by atoms with Crippen molar-refractivity contribution in [2.24, 2.45) is 11.8 Å². The third-order valence-electron chi connectivity index (χ3n) is 4.67. The lowest BCUT2D eigenvalue weighted by Gasteiger charge is -2.42. The Morgan fingerprint density at radius 1 is 1.06 bits per heavy atom. The standard InChI is InChI=1S/C15H29NO/c1-11-6-5-7-12(2)14(11)16-13-8-9-17-15(3,4)10-13/h11-14,16H,5-10H2,1-4H3.